The van der Waals surface area contributed by atoms with Crippen molar-refractivity contribution in [1.29, 1.82) is 0 Å². The third-order valence-corrected chi connectivity index (χ3v) is 4.48. The van der Waals surface area contributed by atoms with E-state index in [0.29, 0.717) is 37.3 Å². The highest BCUT2D eigenvalue weighted by atomic mass is 16.5. The van der Waals surface area contributed by atoms with Gasteiger partial charge in [0, 0.05) is 20.1 Å². The number of carbonyl (C=O) groups is 1. The Morgan fingerprint density at radius 1 is 1.20 bits per heavy atom. The largest absolute Gasteiger partial charge is 0.461 e. The molecule has 0 bridgehead atoms. The van der Waals surface area contributed by atoms with Crippen molar-refractivity contribution in [3.05, 3.63) is 45.9 Å². The van der Waals surface area contributed by atoms with Gasteiger partial charge in [-0.05, 0) is 17.5 Å². The second-order valence-corrected chi connectivity index (χ2v) is 6.79. The van der Waals surface area contributed by atoms with E-state index in [1.807, 2.05) is 31.2 Å². The van der Waals surface area contributed by atoms with E-state index in [9.17, 15) is 9.59 Å². The maximum Gasteiger partial charge on any atom is 0.328 e. The highest BCUT2D eigenvalue weighted by Gasteiger charge is 2.15. The molecule has 2 aromatic heterocycles. The Hall–Kier alpha value is -3.40. The second-order valence-electron chi connectivity index (χ2n) is 6.79. The summed E-state index contributed by atoms with van der Waals surface area (Å²) in [7, 11) is 1.57. The number of aromatic nitrogens is 4. The molecule has 2 heterocycles. The Kier molecular flexibility index (Phi) is 7.02. The number of rotatable bonds is 10. The molecule has 10 nitrogen and oxygen atoms in total. The average molecular weight is 414 g/mol. The Labute approximate surface area is 173 Å². The van der Waals surface area contributed by atoms with E-state index in [4.69, 9.17) is 15.2 Å². The number of methoxy groups -OCH3 is 1. The minimum atomic E-state index is -0.337. The van der Waals surface area contributed by atoms with Crippen LogP contribution in [0, 0.1) is 0 Å². The summed E-state index contributed by atoms with van der Waals surface area (Å²) in [5.74, 6) is 0.175. The van der Waals surface area contributed by atoms with Gasteiger partial charge >= 0.3 is 11.7 Å². The number of nitrogens with two attached hydrogens (primary N) is 1. The van der Waals surface area contributed by atoms with Crippen LogP contribution in [0.4, 0.5) is 5.82 Å². The fourth-order valence-electron chi connectivity index (χ4n) is 2.92. The number of hydrogen-bond acceptors (Lipinski definition) is 7. The van der Waals surface area contributed by atoms with Crippen LogP contribution in [0.1, 0.15) is 30.9 Å². The fourth-order valence-corrected chi connectivity index (χ4v) is 2.92. The molecule has 30 heavy (non-hydrogen) atoms. The van der Waals surface area contributed by atoms with Gasteiger partial charge in [-0.15, -0.1) is 0 Å². The lowest BCUT2D eigenvalue weighted by atomic mass is 10.1. The monoisotopic (exact) mass is 414 g/mol. The van der Waals surface area contributed by atoms with E-state index in [1.165, 1.54) is 4.57 Å². The first kappa shape index (κ1) is 21.3. The maximum atomic E-state index is 12.4. The summed E-state index contributed by atoms with van der Waals surface area (Å²) >= 11 is 0. The molecule has 0 atom stereocenters. The number of aromatic amines is 1. The zero-order chi connectivity index (χ0) is 21.5. The Bertz CT molecular complexity index is 1060. The van der Waals surface area contributed by atoms with Crippen LogP contribution in [0.15, 0.2) is 29.1 Å². The molecule has 0 spiro atoms. The van der Waals surface area contributed by atoms with E-state index in [1.54, 1.807) is 7.11 Å². The molecule has 0 aliphatic carbocycles. The van der Waals surface area contributed by atoms with Gasteiger partial charge in [-0.2, -0.15) is 9.97 Å². The predicted octanol–water partition coefficient (Wildman–Crippen LogP) is 1.19. The molecule has 1 aromatic carbocycles. The van der Waals surface area contributed by atoms with Crippen LogP contribution in [0.5, 0.6) is 6.01 Å². The number of ether oxygens (including phenoxy) is 2. The lowest BCUT2D eigenvalue weighted by Gasteiger charge is -2.08. The second kappa shape index (κ2) is 9.88. The van der Waals surface area contributed by atoms with Crippen LogP contribution in [0.2, 0.25) is 0 Å². The summed E-state index contributed by atoms with van der Waals surface area (Å²) in [4.78, 5) is 35.1. The zero-order valence-corrected chi connectivity index (χ0v) is 17.1. The van der Waals surface area contributed by atoms with Crippen LogP contribution in [0.3, 0.4) is 0 Å². The number of H-pyrrole nitrogens is 1. The van der Waals surface area contributed by atoms with Gasteiger partial charge in [0.1, 0.15) is 12.1 Å². The number of benzene rings is 1. The summed E-state index contributed by atoms with van der Waals surface area (Å²) in [5.41, 5.74) is 8.24. The van der Waals surface area contributed by atoms with E-state index < -0.39 is 0 Å². The minimum Gasteiger partial charge on any atom is -0.461 e. The van der Waals surface area contributed by atoms with E-state index >= 15 is 0 Å². The highest BCUT2D eigenvalue weighted by Crippen LogP contribution is 2.18. The van der Waals surface area contributed by atoms with Crippen molar-refractivity contribution in [2.24, 2.45) is 0 Å². The number of imidazole rings is 1. The minimum absolute atomic E-state index is 0.0349. The first-order valence-electron chi connectivity index (χ1n) is 9.74. The number of hydrogen-bond donors (Lipinski definition) is 3. The molecule has 0 unspecified atom stereocenters. The normalized spacial score (nSPS) is 11.0. The molecule has 0 saturated heterocycles. The number of fused-ring (bicyclic) bond motifs is 1. The Morgan fingerprint density at radius 2 is 1.93 bits per heavy atom. The third-order valence-electron chi connectivity index (χ3n) is 4.48. The third kappa shape index (κ3) is 5.15. The number of nitrogen functional groups attached to an aromatic ring is 1. The van der Waals surface area contributed by atoms with Crippen LogP contribution >= 0.6 is 0 Å². The lowest BCUT2D eigenvalue weighted by molar-refractivity contribution is -0.121. The highest BCUT2D eigenvalue weighted by molar-refractivity contribution is 5.82. The number of nitrogens with one attached hydrogen (secondary N) is 2. The van der Waals surface area contributed by atoms with Gasteiger partial charge in [0.15, 0.2) is 11.5 Å². The first-order chi connectivity index (χ1) is 14.5. The van der Waals surface area contributed by atoms with E-state index in [2.05, 4.69) is 20.3 Å². The van der Waals surface area contributed by atoms with Crippen LogP contribution in [-0.2, 0) is 22.6 Å². The average Bonchev–Trinajstić information content (AvgIpc) is 3.04. The van der Waals surface area contributed by atoms with Crippen molar-refractivity contribution >= 4 is 22.9 Å². The van der Waals surface area contributed by atoms with Crippen LogP contribution < -0.4 is 21.5 Å². The van der Waals surface area contributed by atoms with Crippen LogP contribution in [0.25, 0.3) is 11.2 Å². The predicted molar refractivity (Wildman–Crippen MR) is 112 cm³/mol. The number of carbonyl (C=O) groups excluding carboxylic acids is 1. The molecule has 10 heteroatoms. The molecule has 3 rings (SSSR count). The lowest BCUT2D eigenvalue weighted by Crippen LogP contribution is -2.22. The van der Waals surface area contributed by atoms with Gasteiger partial charge in [0.05, 0.1) is 13.2 Å². The molecular formula is C20H26N6O4. The zero-order valence-electron chi connectivity index (χ0n) is 17.1. The van der Waals surface area contributed by atoms with Crippen molar-refractivity contribution in [3.8, 4) is 6.01 Å². The van der Waals surface area contributed by atoms with Gasteiger partial charge < -0.3 is 25.5 Å². The SMILES string of the molecule is CCCC(=O)NCc1ccc(Cn2c(=O)[nH]c3c(N)nc(OCCOC)nc32)cc1. The van der Waals surface area contributed by atoms with Crippen molar-refractivity contribution in [2.75, 3.05) is 26.1 Å². The summed E-state index contributed by atoms with van der Waals surface area (Å²) < 4.78 is 11.9. The van der Waals surface area contributed by atoms with Crippen LogP contribution in [-0.4, -0.2) is 45.7 Å². The summed E-state index contributed by atoms with van der Waals surface area (Å²) in [6.45, 7) is 3.39. The van der Waals surface area contributed by atoms with E-state index in [0.717, 1.165) is 17.5 Å². The van der Waals surface area contributed by atoms with Gasteiger partial charge in [-0.3, -0.25) is 9.36 Å². The van der Waals surface area contributed by atoms with Crippen molar-refractivity contribution < 1.29 is 14.3 Å². The van der Waals surface area contributed by atoms with Gasteiger partial charge in [-0.25, -0.2) is 4.79 Å². The standard InChI is InChI=1S/C20H26N6O4/c1-3-4-15(27)22-11-13-5-7-14(8-6-13)12-26-18-16(23-20(26)28)17(21)24-19(25-18)30-10-9-29-2/h5-8H,3-4,9-12H2,1-2H3,(H,22,27)(H,23,28)(H2,21,24,25). The molecule has 160 valence electrons. The molecule has 0 aliphatic heterocycles. The number of anilines is 1. The van der Waals surface area contributed by atoms with Crippen molar-refractivity contribution in [2.45, 2.75) is 32.9 Å². The van der Waals surface area contributed by atoms with Gasteiger partial charge in [-0.1, -0.05) is 31.2 Å². The Balaban J connectivity index is 1.77. The van der Waals surface area contributed by atoms with E-state index in [-0.39, 0.29) is 30.0 Å². The molecule has 4 N–H and O–H groups in total. The van der Waals surface area contributed by atoms with Gasteiger partial charge in [0.2, 0.25) is 5.91 Å². The van der Waals surface area contributed by atoms with Crippen molar-refractivity contribution in [1.82, 2.24) is 24.8 Å². The molecule has 3 aromatic rings. The topological polar surface area (TPSA) is 137 Å². The van der Waals surface area contributed by atoms with Crippen molar-refractivity contribution in [3.63, 3.8) is 0 Å². The number of amides is 1. The quantitative estimate of drug-likeness (QED) is 0.424. The first-order valence-corrected chi connectivity index (χ1v) is 9.74. The molecule has 0 saturated carbocycles. The molecule has 0 radical (unpaired) electrons. The molecule has 1 amide bonds. The fraction of sp³-hybridized carbons (Fsp3) is 0.400. The van der Waals surface area contributed by atoms with Gasteiger partial charge in [0.25, 0.3) is 0 Å². The summed E-state index contributed by atoms with van der Waals surface area (Å²) in [5, 5.41) is 2.88. The molecular weight excluding hydrogens is 388 g/mol. The summed E-state index contributed by atoms with van der Waals surface area (Å²) in [6.07, 6.45) is 1.33. The maximum absolute atomic E-state index is 12.4. The summed E-state index contributed by atoms with van der Waals surface area (Å²) in [6, 6.07) is 7.75. The molecule has 0 aliphatic rings. The number of nitrogens with zero attached hydrogens (tertiary/aromatic N) is 3. The Morgan fingerprint density at radius 3 is 2.63 bits per heavy atom. The molecule has 0 fully saturated rings. The smallest absolute Gasteiger partial charge is 0.328 e.